The number of carbonyl (C=O) groups is 1. The first kappa shape index (κ1) is 16.8. The Morgan fingerprint density at radius 1 is 1.50 bits per heavy atom. The SMILES string of the molecule is COC(=O)Cc1cn([C@H]2O[C@@H](CO)C(O)C2O)c(=S)[nH]c1=O. The summed E-state index contributed by atoms with van der Waals surface area (Å²) in [6, 6.07) is 0. The molecule has 0 radical (unpaired) electrons. The average molecular weight is 332 g/mol. The summed E-state index contributed by atoms with van der Waals surface area (Å²) in [6.07, 6.45) is -3.73. The molecule has 1 aromatic rings. The first-order valence-electron chi connectivity index (χ1n) is 6.42. The molecule has 0 saturated carbocycles. The van der Waals surface area contributed by atoms with Crippen LogP contribution in [0, 0.1) is 4.77 Å². The minimum Gasteiger partial charge on any atom is -0.469 e. The average Bonchev–Trinajstić information content (AvgIpc) is 2.77. The maximum atomic E-state index is 11.8. The molecular formula is C12H16N2O7S. The predicted octanol–water partition coefficient (Wildman–Crippen LogP) is -1.77. The summed E-state index contributed by atoms with van der Waals surface area (Å²) in [5.41, 5.74) is -0.489. The summed E-state index contributed by atoms with van der Waals surface area (Å²) < 4.78 is 11.0. The van der Waals surface area contributed by atoms with E-state index in [4.69, 9.17) is 22.1 Å². The molecule has 0 amide bonds. The van der Waals surface area contributed by atoms with E-state index in [0.717, 1.165) is 0 Å². The number of esters is 1. The highest BCUT2D eigenvalue weighted by Gasteiger charge is 2.43. The van der Waals surface area contributed by atoms with Crippen molar-refractivity contribution in [1.29, 1.82) is 0 Å². The van der Waals surface area contributed by atoms with Crippen molar-refractivity contribution in [2.24, 2.45) is 0 Å². The number of methoxy groups -OCH3 is 1. The Labute approximate surface area is 129 Å². The molecule has 4 N–H and O–H groups in total. The van der Waals surface area contributed by atoms with Crippen molar-refractivity contribution in [3.63, 3.8) is 0 Å². The van der Waals surface area contributed by atoms with Crippen LogP contribution in [0.1, 0.15) is 11.8 Å². The number of ether oxygens (including phenoxy) is 2. The summed E-state index contributed by atoms with van der Waals surface area (Å²) in [7, 11) is 1.19. The fraction of sp³-hybridized carbons (Fsp3) is 0.583. The minimum absolute atomic E-state index is 0.0477. The van der Waals surface area contributed by atoms with Crippen LogP contribution in [0.5, 0.6) is 0 Å². The smallest absolute Gasteiger partial charge is 0.310 e. The Balaban J connectivity index is 2.39. The first-order valence-corrected chi connectivity index (χ1v) is 6.83. The van der Waals surface area contributed by atoms with Crippen LogP contribution in [-0.4, -0.2) is 62.9 Å². The van der Waals surface area contributed by atoms with E-state index in [1.807, 2.05) is 0 Å². The molecule has 22 heavy (non-hydrogen) atoms. The number of carbonyl (C=O) groups excluding carboxylic acids is 1. The molecule has 1 fully saturated rings. The monoisotopic (exact) mass is 332 g/mol. The molecule has 9 nitrogen and oxygen atoms in total. The molecule has 0 aliphatic carbocycles. The topological polar surface area (TPSA) is 134 Å². The van der Waals surface area contributed by atoms with E-state index in [9.17, 15) is 19.8 Å². The van der Waals surface area contributed by atoms with E-state index in [1.54, 1.807) is 0 Å². The molecule has 0 spiro atoms. The van der Waals surface area contributed by atoms with Gasteiger partial charge < -0.3 is 24.8 Å². The molecule has 1 aromatic heterocycles. The Morgan fingerprint density at radius 2 is 2.18 bits per heavy atom. The lowest BCUT2D eigenvalue weighted by Crippen LogP contribution is -2.33. The fourth-order valence-corrected chi connectivity index (χ4v) is 2.43. The summed E-state index contributed by atoms with van der Waals surface area (Å²) in [4.78, 5) is 25.5. The van der Waals surface area contributed by atoms with E-state index in [2.05, 4.69) is 9.72 Å². The zero-order valence-corrected chi connectivity index (χ0v) is 12.4. The van der Waals surface area contributed by atoms with Crippen LogP contribution >= 0.6 is 12.2 Å². The molecule has 0 aromatic carbocycles. The van der Waals surface area contributed by atoms with E-state index in [1.165, 1.54) is 17.9 Å². The molecule has 1 aliphatic rings. The molecule has 1 aliphatic heterocycles. The number of hydrogen-bond donors (Lipinski definition) is 4. The maximum absolute atomic E-state index is 11.8. The van der Waals surface area contributed by atoms with Gasteiger partial charge in [-0.25, -0.2) is 0 Å². The number of H-pyrrole nitrogens is 1. The van der Waals surface area contributed by atoms with Crippen LogP contribution in [0.25, 0.3) is 0 Å². The van der Waals surface area contributed by atoms with Gasteiger partial charge in [0, 0.05) is 11.8 Å². The highest BCUT2D eigenvalue weighted by Crippen LogP contribution is 2.29. The van der Waals surface area contributed by atoms with Crippen molar-refractivity contribution >= 4 is 18.2 Å². The van der Waals surface area contributed by atoms with Gasteiger partial charge in [0.1, 0.15) is 18.3 Å². The van der Waals surface area contributed by atoms with Gasteiger partial charge in [-0.1, -0.05) is 0 Å². The highest BCUT2D eigenvalue weighted by molar-refractivity contribution is 7.71. The standard InChI is InChI=1S/C12H16N2O7S/c1-20-7(16)2-5-3-14(12(22)13-10(5)19)11-9(18)8(17)6(4-15)21-11/h3,6,8-9,11,15,17-18H,2,4H2,1H3,(H,13,19,22)/t6-,8?,9?,11-/m0/s1. The number of nitrogens with one attached hydrogen (secondary N) is 1. The van der Waals surface area contributed by atoms with Crippen LogP contribution in [-0.2, 0) is 20.7 Å². The largest absolute Gasteiger partial charge is 0.469 e. The van der Waals surface area contributed by atoms with Gasteiger partial charge in [-0.3, -0.25) is 19.1 Å². The normalized spacial score (nSPS) is 27.8. The van der Waals surface area contributed by atoms with Crippen LogP contribution in [0.3, 0.4) is 0 Å². The van der Waals surface area contributed by atoms with Crippen molar-refractivity contribution < 1.29 is 29.6 Å². The summed E-state index contributed by atoms with van der Waals surface area (Å²) >= 11 is 5.00. The van der Waals surface area contributed by atoms with Gasteiger partial charge in [0.25, 0.3) is 5.56 Å². The predicted molar refractivity (Wildman–Crippen MR) is 74.6 cm³/mol. The van der Waals surface area contributed by atoms with Crippen molar-refractivity contribution in [3.05, 3.63) is 26.9 Å². The second-order valence-electron chi connectivity index (χ2n) is 4.80. The molecule has 4 atom stereocenters. The molecule has 0 bridgehead atoms. The van der Waals surface area contributed by atoms with Crippen LogP contribution < -0.4 is 5.56 Å². The Morgan fingerprint density at radius 3 is 2.73 bits per heavy atom. The third kappa shape index (κ3) is 3.10. The number of rotatable bonds is 4. The molecule has 10 heteroatoms. The van der Waals surface area contributed by atoms with Crippen molar-refractivity contribution in [2.45, 2.75) is 31.0 Å². The fourth-order valence-electron chi connectivity index (χ4n) is 2.18. The van der Waals surface area contributed by atoms with Gasteiger partial charge in [-0.2, -0.15) is 0 Å². The van der Waals surface area contributed by atoms with Gasteiger partial charge in [0.2, 0.25) is 0 Å². The maximum Gasteiger partial charge on any atom is 0.310 e. The number of aliphatic hydroxyl groups excluding tert-OH is 3. The molecular weight excluding hydrogens is 316 g/mol. The second kappa shape index (κ2) is 6.67. The van der Waals surface area contributed by atoms with E-state index < -0.39 is 42.7 Å². The van der Waals surface area contributed by atoms with Crippen LogP contribution in [0.15, 0.2) is 11.0 Å². The number of aliphatic hydroxyl groups is 3. The number of aromatic amines is 1. The Bertz CT molecular complexity index is 670. The first-order chi connectivity index (χ1) is 10.4. The minimum atomic E-state index is -1.35. The number of aromatic nitrogens is 2. The third-order valence-electron chi connectivity index (χ3n) is 3.40. The summed E-state index contributed by atoms with van der Waals surface area (Å²) in [5, 5.41) is 28.8. The van der Waals surface area contributed by atoms with E-state index >= 15 is 0 Å². The van der Waals surface area contributed by atoms with Crippen molar-refractivity contribution in [1.82, 2.24) is 9.55 Å². The number of nitrogens with zero attached hydrogens (tertiary/aromatic N) is 1. The molecule has 2 rings (SSSR count). The highest BCUT2D eigenvalue weighted by atomic mass is 32.1. The second-order valence-corrected chi connectivity index (χ2v) is 5.19. The zero-order chi connectivity index (χ0) is 16.4. The number of hydrogen-bond acceptors (Lipinski definition) is 8. The van der Waals surface area contributed by atoms with E-state index in [0.29, 0.717) is 0 Å². The lowest BCUT2D eigenvalue weighted by atomic mass is 10.1. The van der Waals surface area contributed by atoms with Gasteiger partial charge in [-0.05, 0) is 12.2 Å². The Hall–Kier alpha value is -1.59. The van der Waals surface area contributed by atoms with Gasteiger partial charge in [0.05, 0.1) is 20.1 Å². The molecule has 2 unspecified atom stereocenters. The third-order valence-corrected chi connectivity index (χ3v) is 3.71. The summed E-state index contributed by atoms with van der Waals surface area (Å²) in [6.45, 7) is -0.486. The van der Waals surface area contributed by atoms with Crippen LogP contribution in [0.4, 0.5) is 0 Å². The molecule has 122 valence electrons. The quantitative estimate of drug-likeness (QED) is 0.376. The molecule has 2 heterocycles. The lowest BCUT2D eigenvalue weighted by Gasteiger charge is -2.19. The van der Waals surface area contributed by atoms with Gasteiger partial charge in [0.15, 0.2) is 11.0 Å². The van der Waals surface area contributed by atoms with Crippen molar-refractivity contribution in [2.75, 3.05) is 13.7 Å². The van der Waals surface area contributed by atoms with Crippen molar-refractivity contribution in [3.8, 4) is 0 Å². The lowest BCUT2D eigenvalue weighted by molar-refractivity contribution is -0.139. The zero-order valence-electron chi connectivity index (χ0n) is 11.6. The van der Waals surface area contributed by atoms with Gasteiger partial charge in [-0.15, -0.1) is 0 Å². The summed E-state index contributed by atoms with van der Waals surface area (Å²) in [5.74, 6) is -0.615. The van der Waals surface area contributed by atoms with Gasteiger partial charge >= 0.3 is 5.97 Å². The van der Waals surface area contributed by atoms with Crippen LogP contribution in [0.2, 0.25) is 0 Å². The molecule has 1 saturated heterocycles. The Kier molecular flexibility index (Phi) is 5.08. The van der Waals surface area contributed by atoms with E-state index in [-0.39, 0.29) is 16.8 Å².